The number of nitro groups is 1. The Bertz CT molecular complexity index is 679. The Balaban J connectivity index is 2.00. The van der Waals surface area contributed by atoms with Crippen LogP contribution < -0.4 is 5.32 Å². The van der Waals surface area contributed by atoms with Gasteiger partial charge in [0.05, 0.1) is 15.5 Å². The van der Waals surface area contributed by atoms with Gasteiger partial charge in [-0.2, -0.15) is 0 Å². The van der Waals surface area contributed by atoms with Crippen molar-refractivity contribution in [3.05, 3.63) is 38.9 Å². The van der Waals surface area contributed by atoms with Crippen molar-refractivity contribution in [1.29, 1.82) is 0 Å². The predicted octanol–water partition coefficient (Wildman–Crippen LogP) is 3.49. The number of hydrogen-bond donors (Lipinski definition) is 1. The number of ether oxygens (including phenoxy) is 1. The van der Waals surface area contributed by atoms with Gasteiger partial charge in [0.25, 0.3) is 11.6 Å². The molecular formula is C17H21ClN2O5. The van der Waals surface area contributed by atoms with Crippen LogP contribution in [0.2, 0.25) is 5.02 Å². The smallest absolute Gasteiger partial charge is 0.340 e. The molecule has 1 aromatic carbocycles. The van der Waals surface area contributed by atoms with Crippen LogP contribution in [-0.4, -0.2) is 28.9 Å². The summed E-state index contributed by atoms with van der Waals surface area (Å²) < 4.78 is 5.13. The van der Waals surface area contributed by atoms with Gasteiger partial charge in [-0.15, -0.1) is 0 Å². The number of nitrogens with one attached hydrogen (secondary N) is 1. The van der Waals surface area contributed by atoms with Gasteiger partial charge >= 0.3 is 5.97 Å². The Morgan fingerprint density at radius 2 is 2.04 bits per heavy atom. The van der Waals surface area contributed by atoms with Crippen molar-refractivity contribution in [1.82, 2.24) is 5.32 Å². The van der Waals surface area contributed by atoms with Crippen LogP contribution >= 0.6 is 11.6 Å². The quantitative estimate of drug-likeness (QED) is 0.487. The summed E-state index contributed by atoms with van der Waals surface area (Å²) >= 11 is 5.91. The Labute approximate surface area is 150 Å². The first-order valence-electron chi connectivity index (χ1n) is 8.25. The molecule has 0 saturated heterocycles. The minimum Gasteiger partial charge on any atom is -0.449 e. The van der Waals surface area contributed by atoms with E-state index in [1.54, 1.807) is 0 Å². The molecular weight excluding hydrogens is 348 g/mol. The van der Waals surface area contributed by atoms with Gasteiger partial charge in [-0.1, -0.05) is 31.4 Å². The van der Waals surface area contributed by atoms with Crippen LogP contribution in [0.4, 0.5) is 5.69 Å². The number of esters is 1. The highest BCUT2D eigenvalue weighted by Gasteiger charge is 2.27. The third kappa shape index (κ3) is 4.92. The molecule has 1 amide bonds. The van der Waals surface area contributed by atoms with Gasteiger partial charge in [-0.25, -0.2) is 4.79 Å². The average molecular weight is 369 g/mol. The van der Waals surface area contributed by atoms with Crippen LogP contribution in [0.25, 0.3) is 0 Å². The largest absolute Gasteiger partial charge is 0.449 e. The number of non-ortho nitro benzene ring substituents is 1. The highest BCUT2D eigenvalue weighted by atomic mass is 35.5. The maximum Gasteiger partial charge on any atom is 0.340 e. The van der Waals surface area contributed by atoms with Crippen LogP contribution in [0, 0.1) is 16.0 Å². The lowest BCUT2D eigenvalue weighted by atomic mass is 9.86. The molecule has 0 aliphatic heterocycles. The molecule has 1 aromatic rings. The zero-order valence-corrected chi connectivity index (χ0v) is 14.9. The normalized spacial score (nSPS) is 21.2. The molecule has 1 aliphatic carbocycles. The van der Waals surface area contributed by atoms with Gasteiger partial charge in [0.15, 0.2) is 6.10 Å². The predicted molar refractivity (Wildman–Crippen MR) is 92.5 cm³/mol. The highest BCUT2D eigenvalue weighted by molar-refractivity contribution is 6.33. The number of amides is 1. The minimum absolute atomic E-state index is 0.0316. The standard InChI is InChI=1S/C17H21ClN2O5/c1-10-5-3-4-6-15(10)19-16(21)11(2)25-17(22)13-9-12(20(23)24)7-8-14(13)18/h7-11,15H,3-6H2,1-2H3,(H,19,21)/t10-,11-,15-/m1/s1. The lowest BCUT2D eigenvalue weighted by Gasteiger charge is -2.30. The summed E-state index contributed by atoms with van der Waals surface area (Å²) in [5.74, 6) is -0.867. The van der Waals surface area contributed by atoms with E-state index in [0.29, 0.717) is 5.92 Å². The summed E-state index contributed by atoms with van der Waals surface area (Å²) in [5.41, 5.74) is -0.411. The second kappa shape index (κ2) is 8.29. The molecule has 0 radical (unpaired) electrons. The monoisotopic (exact) mass is 368 g/mol. The molecule has 1 aliphatic rings. The van der Waals surface area contributed by atoms with Crippen LogP contribution in [-0.2, 0) is 9.53 Å². The Hall–Kier alpha value is -2.15. The second-order valence-corrected chi connectivity index (χ2v) is 6.75. The number of nitrogens with zero attached hydrogens (tertiary/aromatic N) is 1. The average Bonchev–Trinajstić information content (AvgIpc) is 2.56. The van der Waals surface area contributed by atoms with Crippen molar-refractivity contribution in [2.24, 2.45) is 5.92 Å². The number of halogens is 1. The van der Waals surface area contributed by atoms with Crippen molar-refractivity contribution < 1.29 is 19.2 Å². The molecule has 0 spiro atoms. The molecule has 7 nitrogen and oxygen atoms in total. The molecule has 3 atom stereocenters. The van der Waals surface area contributed by atoms with Gasteiger partial charge in [0.2, 0.25) is 0 Å². The lowest BCUT2D eigenvalue weighted by molar-refractivity contribution is -0.384. The van der Waals surface area contributed by atoms with E-state index < -0.39 is 17.0 Å². The van der Waals surface area contributed by atoms with Gasteiger partial charge in [0.1, 0.15) is 0 Å². The molecule has 1 fully saturated rings. The maximum absolute atomic E-state index is 12.3. The fourth-order valence-corrected chi connectivity index (χ4v) is 3.09. The number of rotatable bonds is 5. The van der Waals surface area contributed by atoms with E-state index >= 15 is 0 Å². The molecule has 0 aromatic heterocycles. The number of hydrogen-bond acceptors (Lipinski definition) is 5. The summed E-state index contributed by atoms with van der Waals surface area (Å²) in [7, 11) is 0. The fraction of sp³-hybridized carbons (Fsp3) is 0.529. The van der Waals surface area contributed by atoms with Crippen LogP contribution in [0.3, 0.4) is 0 Å². The zero-order chi connectivity index (χ0) is 18.6. The zero-order valence-electron chi connectivity index (χ0n) is 14.2. The van der Waals surface area contributed by atoms with Crippen molar-refractivity contribution in [3.8, 4) is 0 Å². The van der Waals surface area contributed by atoms with E-state index in [9.17, 15) is 19.7 Å². The summed E-state index contributed by atoms with van der Waals surface area (Å²) in [6, 6.07) is 3.56. The van der Waals surface area contributed by atoms with Crippen molar-refractivity contribution >= 4 is 29.2 Å². The first kappa shape index (κ1) is 19.2. The summed E-state index contributed by atoms with van der Waals surface area (Å²) in [4.78, 5) is 34.6. The van der Waals surface area contributed by atoms with E-state index in [1.165, 1.54) is 19.1 Å². The van der Waals surface area contributed by atoms with Gasteiger partial charge in [-0.3, -0.25) is 14.9 Å². The molecule has 8 heteroatoms. The van der Waals surface area contributed by atoms with Crippen LogP contribution in [0.5, 0.6) is 0 Å². The lowest BCUT2D eigenvalue weighted by Crippen LogP contribution is -2.46. The third-order valence-corrected chi connectivity index (χ3v) is 4.80. The maximum atomic E-state index is 12.3. The fourth-order valence-electron chi connectivity index (χ4n) is 2.89. The van der Waals surface area contributed by atoms with Crippen LogP contribution in [0.15, 0.2) is 18.2 Å². The van der Waals surface area contributed by atoms with Crippen molar-refractivity contribution in [3.63, 3.8) is 0 Å². The molecule has 136 valence electrons. The first-order chi connectivity index (χ1) is 11.8. The van der Waals surface area contributed by atoms with Crippen molar-refractivity contribution in [2.45, 2.75) is 51.7 Å². The first-order valence-corrected chi connectivity index (χ1v) is 8.62. The molecule has 1 N–H and O–H groups in total. The van der Waals surface area contributed by atoms with Gasteiger partial charge in [-0.05, 0) is 31.7 Å². The Morgan fingerprint density at radius 3 is 2.68 bits per heavy atom. The topological polar surface area (TPSA) is 98.5 Å². The third-order valence-electron chi connectivity index (χ3n) is 4.47. The Kier molecular flexibility index (Phi) is 6.36. The number of benzene rings is 1. The van der Waals surface area contributed by atoms with E-state index in [1.807, 2.05) is 0 Å². The van der Waals surface area contributed by atoms with Gasteiger partial charge < -0.3 is 10.1 Å². The van der Waals surface area contributed by atoms with E-state index in [4.69, 9.17) is 16.3 Å². The number of carbonyl (C=O) groups excluding carboxylic acids is 2. The second-order valence-electron chi connectivity index (χ2n) is 6.35. The molecule has 0 bridgehead atoms. The number of nitro benzene ring substituents is 1. The van der Waals surface area contributed by atoms with E-state index in [2.05, 4.69) is 12.2 Å². The van der Waals surface area contributed by atoms with Crippen LogP contribution in [0.1, 0.15) is 49.9 Å². The molecule has 25 heavy (non-hydrogen) atoms. The molecule has 1 saturated carbocycles. The van der Waals surface area contributed by atoms with Gasteiger partial charge in [0, 0.05) is 18.2 Å². The summed E-state index contributed by atoms with van der Waals surface area (Å²) in [6.45, 7) is 3.55. The highest BCUT2D eigenvalue weighted by Crippen LogP contribution is 2.25. The van der Waals surface area contributed by atoms with Crippen molar-refractivity contribution in [2.75, 3.05) is 0 Å². The van der Waals surface area contributed by atoms with E-state index in [-0.39, 0.29) is 28.2 Å². The van der Waals surface area contributed by atoms with E-state index in [0.717, 1.165) is 31.7 Å². The number of carbonyl (C=O) groups is 2. The molecule has 0 heterocycles. The summed E-state index contributed by atoms with van der Waals surface area (Å²) in [5, 5.41) is 13.8. The minimum atomic E-state index is -1.02. The Morgan fingerprint density at radius 1 is 1.36 bits per heavy atom. The molecule has 2 rings (SSSR count). The molecule has 0 unspecified atom stereocenters. The SMILES string of the molecule is C[C@@H]1CCCC[C@H]1NC(=O)[C@@H](C)OC(=O)c1cc([N+](=O)[O-])ccc1Cl. The summed E-state index contributed by atoms with van der Waals surface area (Å²) in [6.07, 6.45) is 3.17.